The first-order valence-corrected chi connectivity index (χ1v) is 5.26. The average molecular weight is 218 g/mol. The molecular formula is C8H20AlNiO. The van der Waals surface area contributed by atoms with E-state index >= 15 is 0 Å². The summed E-state index contributed by atoms with van der Waals surface area (Å²) in [4.78, 5) is 0. The van der Waals surface area contributed by atoms with Gasteiger partial charge in [0.25, 0.3) is 0 Å². The van der Waals surface area contributed by atoms with Crippen molar-refractivity contribution in [2.24, 2.45) is 0 Å². The Hall–Kier alpha value is 0.986. The van der Waals surface area contributed by atoms with Crippen molar-refractivity contribution >= 4 is 15.6 Å². The van der Waals surface area contributed by atoms with Crippen LogP contribution in [0.15, 0.2) is 0 Å². The second-order valence-electron chi connectivity index (χ2n) is 1.47. The van der Waals surface area contributed by atoms with Crippen LogP contribution in [0.4, 0.5) is 0 Å². The molecule has 1 radical (unpaired) electrons. The fraction of sp³-hybridized carbons (Fsp3) is 0.750. The van der Waals surface area contributed by atoms with Gasteiger partial charge in [-0.2, -0.15) is 12.8 Å². The summed E-state index contributed by atoms with van der Waals surface area (Å²) in [7, 11) is 1.72. The van der Waals surface area contributed by atoms with Crippen molar-refractivity contribution in [3.63, 3.8) is 0 Å². The van der Waals surface area contributed by atoms with Crippen LogP contribution in [0.3, 0.4) is 0 Å². The molecule has 0 fully saturated rings. The van der Waals surface area contributed by atoms with Gasteiger partial charge >= 0.3 is 32.0 Å². The van der Waals surface area contributed by atoms with Gasteiger partial charge in [-0.25, -0.2) is 0 Å². The van der Waals surface area contributed by atoms with Gasteiger partial charge in [0.15, 0.2) is 0 Å². The number of hydrogen-bond donors (Lipinski definition) is 0. The Morgan fingerprint density at radius 3 is 1.27 bits per heavy atom. The molecule has 1 nitrogen and oxygen atoms in total. The molecule has 0 rings (SSSR count). The van der Waals surface area contributed by atoms with Crippen LogP contribution in [-0.4, -0.2) is 22.7 Å². The van der Waals surface area contributed by atoms with E-state index in [1.165, 1.54) is 0 Å². The van der Waals surface area contributed by atoms with Crippen molar-refractivity contribution in [1.29, 1.82) is 0 Å². The van der Waals surface area contributed by atoms with Crippen molar-refractivity contribution in [2.45, 2.75) is 32.5 Å². The summed E-state index contributed by atoms with van der Waals surface area (Å²) >= 11 is 0.282. The molecule has 71 valence electrons. The topological polar surface area (TPSA) is 9.23 Å². The molecule has 0 amide bonds. The molecule has 0 bridgehead atoms. The first-order valence-electron chi connectivity index (χ1n) is 3.64. The minimum absolute atomic E-state index is 0. The first-order chi connectivity index (χ1) is 4.74. The van der Waals surface area contributed by atoms with E-state index < -0.39 is 0 Å². The van der Waals surface area contributed by atoms with E-state index in [-0.39, 0.29) is 32.0 Å². The average Bonchev–Trinajstić information content (AvgIpc) is 1.91. The molecule has 3 heteroatoms. The third-order valence-corrected chi connectivity index (χ3v) is 0.707. The minimum atomic E-state index is 0. The predicted octanol–water partition coefficient (Wildman–Crippen LogP) is 2.76. The zero-order chi connectivity index (χ0) is 8.83. The van der Waals surface area contributed by atoms with Gasteiger partial charge in [0.1, 0.15) is 0 Å². The van der Waals surface area contributed by atoms with Crippen molar-refractivity contribution in [2.75, 3.05) is 7.11 Å². The van der Waals surface area contributed by atoms with Crippen LogP contribution < -0.4 is 0 Å². The third kappa shape index (κ3) is 225. The van der Waals surface area contributed by atoms with Crippen molar-refractivity contribution in [3.05, 3.63) is 13.8 Å². The summed E-state index contributed by atoms with van der Waals surface area (Å²) in [5.41, 5.74) is 0. The Kier molecular flexibility index (Phi) is 90.9. The van der Waals surface area contributed by atoms with Gasteiger partial charge in [-0.1, -0.05) is 19.6 Å². The molecule has 0 heterocycles. The molecule has 0 aliphatic carbocycles. The normalized spacial score (nSPS) is 5.64. The maximum atomic E-state index is 4.62. The zero-order valence-electron chi connectivity index (χ0n) is 8.13. The molecule has 0 saturated heterocycles. The Morgan fingerprint density at radius 1 is 1.18 bits per heavy atom. The molecule has 0 aliphatic rings. The van der Waals surface area contributed by atoms with Crippen molar-refractivity contribution in [3.8, 4) is 0 Å². The van der Waals surface area contributed by atoms with E-state index in [0.29, 0.717) is 0 Å². The molecule has 0 N–H and O–H groups in total. The van der Waals surface area contributed by atoms with Gasteiger partial charge in [-0.3, -0.25) is 0 Å². The minimum Gasteiger partial charge on any atom is -0.509 e. The van der Waals surface area contributed by atoms with Crippen LogP contribution in [0, 0.1) is 13.8 Å². The number of rotatable bonds is 1. The predicted molar refractivity (Wildman–Crippen MR) is 49.9 cm³/mol. The van der Waals surface area contributed by atoms with E-state index in [9.17, 15) is 0 Å². The van der Waals surface area contributed by atoms with Crippen LogP contribution in [0.1, 0.15) is 26.7 Å². The molecule has 0 aromatic carbocycles. The molecule has 0 saturated carbocycles. The van der Waals surface area contributed by atoms with Gasteiger partial charge in [-0.05, 0) is 0 Å². The smallest absolute Gasteiger partial charge is 0.509 e. The van der Waals surface area contributed by atoms with Gasteiger partial charge in [0.05, 0.1) is 0 Å². The Morgan fingerprint density at radius 2 is 1.27 bits per heavy atom. The van der Waals surface area contributed by atoms with E-state index in [1.54, 1.807) is 7.11 Å². The summed E-state index contributed by atoms with van der Waals surface area (Å²) < 4.78 is 4.62. The van der Waals surface area contributed by atoms with Gasteiger partial charge in [0, 0.05) is 7.11 Å². The Labute approximate surface area is 89.3 Å². The zero-order valence-corrected chi connectivity index (χ0v) is 10.3. The molecule has 0 aliphatic heterocycles. The van der Waals surface area contributed by atoms with Crippen molar-refractivity contribution in [1.82, 2.24) is 0 Å². The standard InChI is InChI=1S/2C3H7.CH3O.CH3.Al.Ni/c2*1-3-2;1-2;;;/h2*1,3H2,2H3;1H3;1H3;;/q3*-1;;+1;+2. The van der Waals surface area contributed by atoms with Crippen molar-refractivity contribution < 1.29 is 20.3 Å². The Balaban J connectivity index is -0.0000000325. The molecular weight excluding hydrogens is 198 g/mol. The summed E-state index contributed by atoms with van der Waals surface area (Å²) in [6, 6.07) is 0. The first kappa shape index (κ1) is 22.7. The molecule has 11 heavy (non-hydrogen) atoms. The number of hydrogen-bond acceptors (Lipinski definition) is 1. The van der Waals surface area contributed by atoms with Gasteiger partial charge in [0.2, 0.25) is 0 Å². The summed E-state index contributed by atoms with van der Waals surface area (Å²) in [6.07, 6.45) is 2.00. The summed E-state index contributed by atoms with van der Waals surface area (Å²) in [5, 5.41) is 0. The van der Waals surface area contributed by atoms with Crippen LogP contribution >= 0.6 is 0 Å². The second-order valence-corrected chi connectivity index (χ2v) is 2.41. The molecule has 0 unspecified atom stereocenters. The SMILES string of the molecule is C[O][Al][CH3].[CH2-]CC.[CH2-]CC.[Ni+2]. The van der Waals surface area contributed by atoms with Crippen LogP contribution in [0.25, 0.3) is 0 Å². The molecule has 0 atom stereocenters. The summed E-state index contributed by atoms with van der Waals surface area (Å²) in [5.74, 6) is 2.04. The van der Waals surface area contributed by atoms with E-state index in [1.807, 2.05) is 19.6 Å². The molecule has 0 aromatic heterocycles. The maximum absolute atomic E-state index is 4.62. The Bertz CT molecular complexity index is 26.1. The molecule has 0 aromatic rings. The summed E-state index contributed by atoms with van der Waals surface area (Å²) in [6.45, 7) is 11.0. The van der Waals surface area contributed by atoms with Gasteiger partial charge < -0.3 is 17.6 Å². The second kappa shape index (κ2) is 44.1. The van der Waals surface area contributed by atoms with E-state index in [0.717, 1.165) is 12.8 Å². The van der Waals surface area contributed by atoms with Crippen LogP contribution in [0.5, 0.6) is 0 Å². The monoisotopic (exact) mass is 217 g/mol. The van der Waals surface area contributed by atoms with Crippen LogP contribution in [0.2, 0.25) is 5.79 Å². The quantitative estimate of drug-likeness (QED) is 0.485. The van der Waals surface area contributed by atoms with E-state index in [2.05, 4.69) is 17.6 Å². The van der Waals surface area contributed by atoms with E-state index in [4.69, 9.17) is 0 Å². The maximum Gasteiger partial charge on any atom is 2.00 e. The van der Waals surface area contributed by atoms with Gasteiger partial charge in [-0.15, -0.1) is 0 Å². The van der Waals surface area contributed by atoms with Crippen LogP contribution in [-0.2, 0) is 20.3 Å². The largest absolute Gasteiger partial charge is 2.00 e. The fourth-order valence-corrected chi connectivity index (χ4v) is 0. The molecule has 0 spiro atoms. The fourth-order valence-electron chi connectivity index (χ4n) is 0. The third-order valence-electron chi connectivity index (χ3n) is 0.236.